The fourth-order valence-corrected chi connectivity index (χ4v) is 1.66. The van der Waals surface area contributed by atoms with Gasteiger partial charge in [0.05, 0.1) is 12.7 Å². The number of rotatable bonds is 7. The van der Waals surface area contributed by atoms with Crippen LogP contribution in [0.5, 0.6) is 0 Å². The monoisotopic (exact) mass is 272 g/mol. The van der Waals surface area contributed by atoms with Crippen molar-refractivity contribution >= 4 is 22.9 Å². The van der Waals surface area contributed by atoms with E-state index >= 15 is 0 Å². The molecule has 0 spiro atoms. The van der Waals surface area contributed by atoms with Gasteiger partial charge < -0.3 is 20.5 Å². The van der Waals surface area contributed by atoms with E-state index in [1.54, 1.807) is 20.3 Å². The molecule has 0 aliphatic heterocycles. The summed E-state index contributed by atoms with van der Waals surface area (Å²) in [5.74, 6) is -0.372. The van der Waals surface area contributed by atoms with Gasteiger partial charge in [0, 0.05) is 32.0 Å². The molecule has 0 heterocycles. The van der Waals surface area contributed by atoms with Crippen LogP contribution in [0.4, 0.5) is 10.1 Å². The Balaban J connectivity index is 2.74. The topological polar surface area (TPSA) is 56.5 Å². The summed E-state index contributed by atoms with van der Waals surface area (Å²) in [6, 6.07) is 4.26. The minimum absolute atomic E-state index is 0.0979. The zero-order chi connectivity index (χ0) is 13.5. The Labute approximate surface area is 111 Å². The van der Waals surface area contributed by atoms with Crippen molar-refractivity contribution in [3.63, 3.8) is 0 Å². The van der Waals surface area contributed by atoms with Gasteiger partial charge in [0.15, 0.2) is 0 Å². The lowest BCUT2D eigenvalue weighted by atomic mass is 10.1. The number of ether oxygens (including phenoxy) is 2. The maximum absolute atomic E-state index is 13.1. The average molecular weight is 272 g/mol. The highest BCUT2D eigenvalue weighted by Crippen LogP contribution is 2.17. The van der Waals surface area contributed by atoms with Crippen molar-refractivity contribution in [1.29, 1.82) is 0 Å². The van der Waals surface area contributed by atoms with E-state index in [0.29, 0.717) is 24.4 Å². The Morgan fingerprint density at radius 3 is 2.78 bits per heavy atom. The van der Waals surface area contributed by atoms with Gasteiger partial charge in [0.25, 0.3) is 0 Å². The zero-order valence-corrected chi connectivity index (χ0v) is 11.2. The van der Waals surface area contributed by atoms with Crippen LogP contribution in [0.2, 0.25) is 0 Å². The molecule has 0 fully saturated rings. The zero-order valence-electron chi connectivity index (χ0n) is 10.4. The number of benzene rings is 1. The van der Waals surface area contributed by atoms with Gasteiger partial charge in [-0.2, -0.15) is 0 Å². The molecule has 0 bridgehead atoms. The summed E-state index contributed by atoms with van der Waals surface area (Å²) in [6.45, 7) is 0.985. The van der Waals surface area contributed by atoms with Gasteiger partial charge in [0.1, 0.15) is 10.8 Å². The van der Waals surface area contributed by atoms with Gasteiger partial charge in [-0.25, -0.2) is 4.39 Å². The van der Waals surface area contributed by atoms with Gasteiger partial charge in [-0.3, -0.25) is 0 Å². The van der Waals surface area contributed by atoms with Crippen molar-refractivity contribution < 1.29 is 13.9 Å². The van der Waals surface area contributed by atoms with Crippen LogP contribution in [0.1, 0.15) is 5.56 Å². The maximum Gasteiger partial charge on any atom is 0.124 e. The fraction of sp³-hybridized carbons (Fsp3) is 0.417. The number of anilines is 1. The van der Waals surface area contributed by atoms with Crippen LogP contribution in [0.25, 0.3) is 0 Å². The van der Waals surface area contributed by atoms with Crippen LogP contribution in [0, 0.1) is 5.82 Å². The fourth-order valence-electron chi connectivity index (χ4n) is 1.49. The first-order valence-corrected chi connectivity index (χ1v) is 5.84. The molecule has 100 valence electrons. The Morgan fingerprint density at radius 2 is 2.22 bits per heavy atom. The second-order valence-corrected chi connectivity index (χ2v) is 4.19. The van der Waals surface area contributed by atoms with Crippen LogP contribution in [-0.4, -0.2) is 38.5 Å². The summed E-state index contributed by atoms with van der Waals surface area (Å²) in [6.07, 6.45) is -0.0979. The Morgan fingerprint density at radius 1 is 1.50 bits per heavy atom. The van der Waals surface area contributed by atoms with E-state index in [2.05, 4.69) is 5.32 Å². The van der Waals surface area contributed by atoms with Crippen molar-refractivity contribution in [3.8, 4) is 0 Å². The van der Waals surface area contributed by atoms with Gasteiger partial charge in [-0.05, 0) is 18.2 Å². The molecule has 18 heavy (non-hydrogen) atoms. The van der Waals surface area contributed by atoms with Crippen LogP contribution in [0.3, 0.4) is 0 Å². The van der Waals surface area contributed by atoms with Crippen molar-refractivity contribution in [2.75, 3.05) is 32.7 Å². The first kappa shape index (κ1) is 14.8. The molecule has 0 aliphatic rings. The standard InChI is InChI=1S/C12H17FN2O2S/c1-16-7-9(17-2)6-15-11-4-3-8(13)5-10(11)12(14)18/h3-5,9,15H,6-7H2,1-2H3,(H2,14,18). The van der Waals surface area contributed by atoms with E-state index in [1.165, 1.54) is 12.1 Å². The van der Waals surface area contributed by atoms with Gasteiger partial charge in [-0.1, -0.05) is 12.2 Å². The van der Waals surface area contributed by atoms with E-state index in [4.69, 9.17) is 27.4 Å². The van der Waals surface area contributed by atoms with E-state index in [-0.39, 0.29) is 16.9 Å². The molecule has 1 aromatic rings. The molecule has 0 radical (unpaired) electrons. The van der Waals surface area contributed by atoms with Gasteiger partial charge in [-0.15, -0.1) is 0 Å². The molecular formula is C12H17FN2O2S. The first-order chi connectivity index (χ1) is 8.58. The van der Waals surface area contributed by atoms with Crippen molar-refractivity contribution in [3.05, 3.63) is 29.6 Å². The molecule has 0 aromatic heterocycles. The Hall–Kier alpha value is -1.24. The molecule has 1 aromatic carbocycles. The third kappa shape index (κ3) is 4.21. The summed E-state index contributed by atoms with van der Waals surface area (Å²) in [7, 11) is 3.20. The largest absolute Gasteiger partial charge is 0.389 e. The van der Waals surface area contributed by atoms with E-state index < -0.39 is 0 Å². The lowest BCUT2D eigenvalue weighted by molar-refractivity contribution is 0.0365. The lowest BCUT2D eigenvalue weighted by Crippen LogP contribution is -2.27. The molecule has 4 nitrogen and oxygen atoms in total. The highest BCUT2D eigenvalue weighted by Gasteiger charge is 2.10. The number of thiocarbonyl (C=S) groups is 1. The van der Waals surface area contributed by atoms with Crippen molar-refractivity contribution in [2.45, 2.75) is 6.10 Å². The Bertz CT molecular complexity index is 415. The van der Waals surface area contributed by atoms with Crippen molar-refractivity contribution in [1.82, 2.24) is 0 Å². The minimum Gasteiger partial charge on any atom is -0.389 e. The van der Waals surface area contributed by atoms with E-state index in [1.807, 2.05) is 0 Å². The number of nitrogens with one attached hydrogen (secondary N) is 1. The molecule has 1 unspecified atom stereocenters. The molecule has 6 heteroatoms. The third-order valence-electron chi connectivity index (χ3n) is 2.45. The number of halogens is 1. The normalized spacial score (nSPS) is 12.2. The highest BCUT2D eigenvalue weighted by atomic mass is 32.1. The molecule has 0 amide bonds. The second-order valence-electron chi connectivity index (χ2n) is 3.75. The van der Waals surface area contributed by atoms with Gasteiger partial charge in [0.2, 0.25) is 0 Å². The third-order valence-corrected chi connectivity index (χ3v) is 2.67. The summed E-state index contributed by atoms with van der Waals surface area (Å²) < 4.78 is 23.3. The van der Waals surface area contributed by atoms with E-state index in [0.717, 1.165) is 0 Å². The summed E-state index contributed by atoms with van der Waals surface area (Å²) in [5, 5.41) is 3.12. The first-order valence-electron chi connectivity index (χ1n) is 5.43. The second kappa shape index (κ2) is 7.25. The SMILES string of the molecule is COCC(CNc1ccc(F)cc1C(N)=S)OC. The summed E-state index contributed by atoms with van der Waals surface area (Å²) >= 11 is 4.88. The smallest absolute Gasteiger partial charge is 0.124 e. The summed E-state index contributed by atoms with van der Waals surface area (Å²) in [5.41, 5.74) is 6.72. The molecular weight excluding hydrogens is 255 g/mol. The molecule has 1 rings (SSSR count). The molecule has 0 aliphatic carbocycles. The number of hydrogen-bond acceptors (Lipinski definition) is 4. The number of hydrogen-bond donors (Lipinski definition) is 2. The molecule has 0 saturated carbocycles. The van der Waals surface area contributed by atoms with Crippen LogP contribution < -0.4 is 11.1 Å². The predicted octanol–water partition coefficient (Wildman–Crippen LogP) is 1.53. The lowest BCUT2D eigenvalue weighted by Gasteiger charge is -2.17. The molecule has 0 saturated heterocycles. The quantitative estimate of drug-likeness (QED) is 0.737. The van der Waals surface area contributed by atoms with E-state index in [9.17, 15) is 4.39 Å². The Kier molecular flexibility index (Phi) is 5.97. The minimum atomic E-state index is -0.372. The average Bonchev–Trinajstić information content (AvgIpc) is 2.35. The van der Waals surface area contributed by atoms with Crippen molar-refractivity contribution in [2.24, 2.45) is 5.73 Å². The predicted molar refractivity (Wildman–Crippen MR) is 73.5 cm³/mol. The van der Waals surface area contributed by atoms with Gasteiger partial charge >= 0.3 is 0 Å². The number of nitrogens with two attached hydrogens (primary N) is 1. The number of methoxy groups -OCH3 is 2. The summed E-state index contributed by atoms with van der Waals surface area (Å²) in [4.78, 5) is 0.151. The van der Waals surface area contributed by atoms with Crippen LogP contribution >= 0.6 is 12.2 Å². The molecule has 1 atom stereocenters. The molecule has 3 N–H and O–H groups in total. The van der Waals surface area contributed by atoms with Crippen LogP contribution in [-0.2, 0) is 9.47 Å². The maximum atomic E-state index is 13.1. The highest BCUT2D eigenvalue weighted by molar-refractivity contribution is 7.80. The van der Waals surface area contributed by atoms with Crippen LogP contribution in [0.15, 0.2) is 18.2 Å².